The zero-order valence-corrected chi connectivity index (χ0v) is 41.6. The zero-order valence-electron chi connectivity index (χ0n) is 41.6. The van der Waals surface area contributed by atoms with Crippen molar-refractivity contribution in [3.63, 3.8) is 0 Å². The lowest BCUT2D eigenvalue weighted by Crippen LogP contribution is -2.42. The summed E-state index contributed by atoms with van der Waals surface area (Å²) in [6, 6.07) is -0.592. The fraction of sp³-hybridized carbons (Fsp3) is 0.673. The first-order valence-electron chi connectivity index (χ1n) is 25.3. The van der Waals surface area contributed by atoms with Crippen LogP contribution in [0.3, 0.4) is 0 Å². The van der Waals surface area contributed by atoms with E-state index in [1.807, 2.05) is 13.0 Å². The summed E-state index contributed by atoms with van der Waals surface area (Å²) < 4.78 is 11.2. The molecule has 10 heteroatoms. The fourth-order valence-corrected chi connectivity index (χ4v) is 12.2. The lowest BCUT2D eigenvalue weighted by Gasteiger charge is -2.30. The highest BCUT2D eigenvalue weighted by Gasteiger charge is 2.56. The number of carbonyl (C=O) groups is 4. The molecule has 10 atom stereocenters. The minimum absolute atomic E-state index is 0.0210. The van der Waals surface area contributed by atoms with Crippen molar-refractivity contribution in [2.45, 2.75) is 189 Å². The lowest BCUT2D eigenvalue weighted by molar-refractivity contribution is -0.145. The minimum atomic E-state index is -1.01. The molecule has 4 aliphatic rings. The second-order valence-electron chi connectivity index (χ2n) is 21.0. The van der Waals surface area contributed by atoms with Crippen molar-refractivity contribution in [3.8, 4) is 0 Å². The van der Waals surface area contributed by atoms with Gasteiger partial charge in [-0.05, 0) is 104 Å². The number of Topliss-reactive ketones (excluding diaryl/α,β-unsaturated/α-hetero) is 1. The molecule has 5 heterocycles. The van der Waals surface area contributed by atoms with Crippen LogP contribution in [0.4, 0.5) is 0 Å². The van der Waals surface area contributed by atoms with Crippen LogP contribution in [0.5, 0.6) is 0 Å². The van der Waals surface area contributed by atoms with E-state index in [9.17, 15) is 19.2 Å². The summed E-state index contributed by atoms with van der Waals surface area (Å²) in [5.74, 6) is -0.147. The molecule has 10 unspecified atom stereocenters. The Balaban J connectivity index is 1.16. The van der Waals surface area contributed by atoms with Crippen LogP contribution in [0.15, 0.2) is 29.4 Å². The molecule has 0 spiro atoms. The molecule has 1 saturated heterocycles. The summed E-state index contributed by atoms with van der Waals surface area (Å²) in [6.07, 6.45) is 19.7. The number of hydrogen-bond acceptors (Lipinski definition) is 8. The Morgan fingerprint density at radius 3 is 2.17 bits per heavy atom. The molecule has 1 aliphatic carbocycles. The lowest BCUT2D eigenvalue weighted by atomic mass is 9.76. The van der Waals surface area contributed by atoms with Crippen LogP contribution >= 0.6 is 0 Å². The maximum absolute atomic E-state index is 14.5. The number of aromatic nitrogens is 2. The largest absolute Gasteiger partial charge is 0.468 e. The van der Waals surface area contributed by atoms with Gasteiger partial charge in [0, 0.05) is 89.7 Å². The van der Waals surface area contributed by atoms with Crippen molar-refractivity contribution < 1.29 is 28.7 Å². The van der Waals surface area contributed by atoms with Gasteiger partial charge in [0.2, 0.25) is 0 Å². The first kappa shape index (κ1) is 50.4. The highest BCUT2D eigenvalue weighted by molar-refractivity contribution is 6.14. The molecular weight excluding hydrogens is 813 g/mol. The molecule has 0 aromatic carbocycles. The van der Waals surface area contributed by atoms with Crippen molar-refractivity contribution in [2.24, 2.45) is 35.5 Å². The number of rotatable bonds is 21. The molecule has 0 radical (unpaired) electrons. The molecule has 358 valence electrons. The third-order valence-corrected chi connectivity index (χ3v) is 16.1. The predicted octanol–water partition coefficient (Wildman–Crippen LogP) is 10.6. The van der Waals surface area contributed by atoms with E-state index in [4.69, 9.17) is 9.47 Å². The van der Waals surface area contributed by atoms with Crippen molar-refractivity contribution in [3.05, 3.63) is 74.4 Å². The van der Waals surface area contributed by atoms with E-state index in [0.717, 1.165) is 93.9 Å². The van der Waals surface area contributed by atoms with Gasteiger partial charge in [-0.15, -0.1) is 0 Å². The van der Waals surface area contributed by atoms with Gasteiger partial charge in [0.15, 0.2) is 5.78 Å². The number of carbonyl (C=O) groups excluding carboxylic acids is 4. The highest BCUT2D eigenvalue weighted by Crippen LogP contribution is 2.49. The summed E-state index contributed by atoms with van der Waals surface area (Å²) in [7, 11) is 1.35. The van der Waals surface area contributed by atoms with Crippen LogP contribution in [0, 0.1) is 49.4 Å². The number of hydrogen-bond donors (Lipinski definition) is 4. The maximum atomic E-state index is 14.5. The van der Waals surface area contributed by atoms with Gasteiger partial charge in [0.1, 0.15) is 18.8 Å². The third-order valence-electron chi connectivity index (χ3n) is 16.1. The van der Waals surface area contributed by atoms with Gasteiger partial charge in [-0.1, -0.05) is 105 Å². The van der Waals surface area contributed by atoms with Crippen LogP contribution in [0.25, 0.3) is 6.08 Å². The Labute approximate surface area is 390 Å². The second kappa shape index (κ2) is 22.6. The first-order valence-corrected chi connectivity index (χ1v) is 25.3. The highest BCUT2D eigenvalue weighted by atomic mass is 16.5. The van der Waals surface area contributed by atoms with Gasteiger partial charge in [-0.2, -0.15) is 0 Å². The Kier molecular flexibility index (Phi) is 17.6. The average molecular weight is 895 g/mol. The summed E-state index contributed by atoms with van der Waals surface area (Å²) in [5, 5.41) is 7.75. The number of ether oxygens (including phenoxy) is 2. The van der Waals surface area contributed by atoms with Gasteiger partial charge in [-0.3, -0.25) is 19.2 Å². The van der Waals surface area contributed by atoms with Crippen LogP contribution in [-0.4, -0.2) is 71.9 Å². The van der Waals surface area contributed by atoms with Crippen molar-refractivity contribution in [2.75, 3.05) is 13.7 Å². The van der Waals surface area contributed by atoms with Crippen LogP contribution in [0.2, 0.25) is 0 Å². The second-order valence-corrected chi connectivity index (χ2v) is 21.0. The number of ketones is 1. The molecule has 65 heavy (non-hydrogen) atoms. The number of esters is 2. The number of nitrogens with one attached hydrogen (secondary N) is 4. The molecule has 4 N–H and O–H groups in total. The molecule has 10 nitrogen and oxygen atoms in total. The normalized spacial score (nSPS) is 26.2. The van der Waals surface area contributed by atoms with Gasteiger partial charge < -0.3 is 30.1 Å². The number of allylic oxidation sites excluding steroid dienone is 1. The molecule has 2 aromatic heterocycles. The summed E-state index contributed by atoms with van der Waals surface area (Å²) in [5.41, 5.74) is 10.6. The quantitative estimate of drug-likeness (QED) is 0.0420. The fourth-order valence-electron chi connectivity index (χ4n) is 12.2. The SMILES string of the molecule is C=Cc1c2[nH]c(c1C)CC1NC(C(CCC(=O)OCC=C(C)CCCC(C)CCCC(C)CCCC(C)C)C1C)C1c3[nH]c(c(C)c3C(=O)C1C(=O)OC)CC1NC(C2)C(C=O)=C1CC. The van der Waals surface area contributed by atoms with Gasteiger partial charge in [-0.25, -0.2) is 0 Å². The van der Waals surface area contributed by atoms with Crippen LogP contribution in [0.1, 0.15) is 181 Å². The van der Waals surface area contributed by atoms with E-state index in [1.54, 1.807) is 0 Å². The summed E-state index contributed by atoms with van der Waals surface area (Å²) >= 11 is 0. The van der Waals surface area contributed by atoms with E-state index in [-0.39, 0.29) is 60.8 Å². The van der Waals surface area contributed by atoms with Crippen LogP contribution < -0.4 is 10.6 Å². The molecule has 0 saturated carbocycles. The molecule has 3 aliphatic heterocycles. The number of aromatic amines is 2. The Morgan fingerprint density at radius 1 is 0.862 bits per heavy atom. The Bertz CT molecular complexity index is 2090. The predicted molar refractivity (Wildman–Crippen MR) is 261 cm³/mol. The number of fused-ring (bicyclic) bond motifs is 8. The van der Waals surface area contributed by atoms with E-state index >= 15 is 0 Å². The van der Waals surface area contributed by atoms with E-state index < -0.39 is 17.8 Å². The number of methoxy groups -OCH3 is 1. The average Bonchev–Trinajstić information content (AvgIpc) is 4.02. The molecule has 2 aromatic rings. The monoisotopic (exact) mass is 895 g/mol. The third kappa shape index (κ3) is 11.4. The number of H-pyrrole nitrogens is 2. The van der Waals surface area contributed by atoms with Crippen molar-refractivity contribution in [1.29, 1.82) is 0 Å². The van der Waals surface area contributed by atoms with Gasteiger partial charge in [0.25, 0.3) is 0 Å². The van der Waals surface area contributed by atoms with E-state index in [2.05, 4.69) is 88.6 Å². The zero-order chi connectivity index (χ0) is 47.1. The smallest absolute Gasteiger partial charge is 0.317 e. The first-order chi connectivity index (χ1) is 31.1. The summed E-state index contributed by atoms with van der Waals surface area (Å²) in [4.78, 5) is 61.8. The maximum Gasteiger partial charge on any atom is 0.317 e. The molecule has 6 rings (SSSR count). The summed E-state index contributed by atoms with van der Waals surface area (Å²) in [6.45, 7) is 24.4. The van der Waals surface area contributed by atoms with E-state index in [0.29, 0.717) is 31.2 Å². The van der Waals surface area contributed by atoms with Gasteiger partial charge >= 0.3 is 11.9 Å². The minimum Gasteiger partial charge on any atom is -0.468 e. The Morgan fingerprint density at radius 2 is 1.52 bits per heavy atom. The molecule has 1 fully saturated rings. The van der Waals surface area contributed by atoms with Crippen LogP contribution in [-0.2, 0) is 43.1 Å². The number of aldehydes is 1. The standard InChI is InChI=1S/C55H82N4O6/c1-12-38-35(8)42-27-43-36(9)40(23-24-48(61)65-26-25-34(7)22-16-21-33(6)20-15-19-32(5)18-14-17-31(3)4)52(58-43)50-51(55(63)64-11)54(62)49-37(10)44(59-53(49)50)28-46-39(13-2)41(30-60)47(57-46)29-45(38)56-42/h12,25,30-33,36,40,43,46-47,50-52,56-59H,1,13-24,26-29H2,2-11H3. The van der Waals surface area contributed by atoms with Crippen molar-refractivity contribution >= 4 is 30.1 Å². The Hall–Kier alpha value is -4.02. The van der Waals surface area contributed by atoms with Gasteiger partial charge in [0.05, 0.1) is 7.11 Å². The molecular formula is C55H82N4O6. The molecule has 0 amide bonds. The van der Waals surface area contributed by atoms with E-state index in [1.165, 1.54) is 57.6 Å². The van der Waals surface area contributed by atoms with Crippen molar-refractivity contribution in [1.82, 2.24) is 20.6 Å². The topological polar surface area (TPSA) is 142 Å². The molecule has 8 bridgehead atoms.